The van der Waals surface area contributed by atoms with Crippen LogP contribution in [0.15, 0.2) is 170 Å². The number of carbonyl (C=O) groups excluding carboxylic acids is 2. The number of benzene rings is 7. The molecular formula is C50H40N2O2. The molecule has 0 atom stereocenters. The van der Waals surface area contributed by atoms with Gasteiger partial charge in [-0.05, 0) is 70.8 Å². The van der Waals surface area contributed by atoms with Crippen molar-refractivity contribution < 1.29 is 9.59 Å². The summed E-state index contributed by atoms with van der Waals surface area (Å²) in [6, 6.07) is 56.6. The smallest absolute Gasteiger partial charge is 0.193 e. The van der Waals surface area contributed by atoms with Crippen LogP contribution in [-0.2, 0) is 10.8 Å². The molecule has 0 bridgehead atoms. The molecule has 0 saturated carbocycles. The molecule has 0 unspecified atom stereocenters. The molecule has 2 aliphatic heterocycles. The Bertz CT molecular complexity index is 2350. The van der Waals surface area contributed by atoms with Crippen LogP contribution < -0.4 is 9.80 Å². The van der Waals surface area contributed by atoms with E-state index in [4.69, 9.17) is 0 Å². The van der Waals surface area contributed by atoms with Crippen molar-refractivity contribution in [3.05, 3.63) is 214 Å². The first-order chi connectivity index (χ1) is 26.2. The second kappa shape index (κ2) is 12.6. The van der Waals surface area contributed by atoms with Crippen molar-refractivity contribution in [1.82, 2.24) is 0 Å². The highest BCUT2D eigenvalue weighted by Crippen LogP contribution is 2.53. The molecule has 7 aromatic rings. The van der Waals surface area contributed by atoms with E-state index in [0.717, 1.165) is 34.1 Å². The average molecular weight is 701 g/mol. The molecular weight excluding hydrogens is 661 g/mol. The molecule has 54 heavy (non-hydrogen) atoms. The highest BCUT2D eigenvalue weighted by atomic mass is 16.1. The molecule has 2 heterocycles. The molecule has 0 aromatic heterocycles. The van der Waals surface area contributed by atoms with Gasteiger partial charge >= 0.3 is 0 Å². The van der Waals surface area contributed by atoms with Gasteiger partial charge in [0.2, 0.25) is 0 Å². The lowest BCUT2D eigenvalue weighted by Gasteiger charge is -2.42. The van der Waals surface area contributed by atoms with E-state index >= 15 is 0 Å². The summed E-state index contributed by atoms with van der Waals surface area (Å²) in [5, 5.41) is 0. The Balaban J connectivity index is 1.09. The van der Waals surface area contributed by atoms with Crippen LogP contribution in [-0.4, -0.2) is 11.6 Å². The standard InChI is InChI=1S/C50H40N2O2/c1-49(2)39-23-7-11-27-43(39)51(44-28-12-8-24-40(44)49)35-19-15-17-33(31-35)47(53)37-21-5-6-22-38(37)48(54)34-18-16-20-36(32-34)52-45-29-13-9-25-41(45)50(3,4)42-26-10-14-30-46(42)52/h5-32H,1-4H3. The van der Waals surface area contributed by atoms with Gasteiger partial charge in [-0.15, -0.1) is 0 Å². The fourth-order valence-electron chi connectivity index (χ4n) is 8.66. The Morgan fingerprint density at radius 1 is 0.370 bits per heavy atom. The predicted octanol–water partition coefficient (Wildman–Crippen LogP) is 12.4. The van der Waals surface area contributed by atoms with Crippen LogP contribution in [0.1, 0.15) is 81.8 Å². The summed E-state index contributed by atoms with van der Waals surface area (Å²) in [6.45, 7) is 9.04. The van der Waals surface area contributed by atoms with Crippen molar-refractivity contribution in [2.75, 3.05) is 9.80 Å². The number of hydrogen-bond acceptors (Lipinski definition) is 4. The molecule has 262 valence electrons. The van der Waals surface area contributed by atoms with E-state index in [0.29, 0.717) is 22.3 Å². The van der Waals surface area contributed by atoms with Crippen molar-refractivity contribution in [2.24, 2.45) is 0 Å². The molecule has 0 N–H and O–H groups in total. The zero-order chi connectivity index (χ0) is 37.2. The van der Waals surface area contributed by atoms with Gasteiger partial charge in [0.1, 0.15) is 0 Å². The van der Waals surface area contributed by atoms with Crippen LogP contribution in [0.25, 0.3) is 0 Å². The van der Waals surface area contributed by atoms with Gasteiger partial charge in [-0.3, -0.25) is 9.59 Å². The highest BCUT2D eigenvalue weighted by Gasteiger charge is 2.38. The maximum atomic E-state index is 14.5. The number of hydrogen-bond donors (Lipinski definition) is 0. The number of nitrogens with zero attached hydrogens (tertiary/aromatic N) is 2. The van der Waals surface area contributed by atoms with Gasteiger partial charge in [0.25, 0.3) is 0 Å². The SMILES string of the molecule is CC1(C)c2ccccc2N(c2cccc(C(=O)c3ccccc3C(=O)c3cccc(N4c5ccccc5C(C)(C)c5ccccc54)c3)c2)c2ccccc21. The molecule has 7 aromatic carbocycles. The Morgan fingerprint density at radius 3 is 1.00 bits per heavy atom. The number of carbonyl (C=O) groups is 2. The van der Waals surface area contributed by atoms with Crippen LogP contribution in [0.5, 0.6) is 0 Å². The van der Waals surface area contributed by atoms with Gasteiger partial charge in [-0.2, -0.15) is 0 Å². The zero-order valence-corrected chi connectivity index (χ0v) is 30.9. The largest absolute Gasteiger partial charge is 0.310 e. The third-order valence-corrected chi connectivity index (χ3v) is 11.4. The molecule has 4 heteroatoms. The van der Waals surface area contributed by atoms with E-state index in [-0.39, 0.29) is 22.4 Å². The predicted molar refractivity (Wildman–Crippen MR) is 220 cm³/mol. The molecule has 0 fully saturated rings. The van der Waals surface area contributed by atoms with Crippen molar-refractivity contribution in [3.8, 4) is 0 Å². The molecule has 0 spiro atoms. The van der Waals surface area contributed by atoms with Gasteiger partial charge in [-0.1, -0.05) is 149 Å². The lowest BCUT2D eigenvalue weighted by atomic mass is 9.73. The van der Waals surface area contributed by atoms with Crippen molar-refractivity contribution in [1.29, 1.82) is 0 Å². The first-order valence-electron chi connectivity index (χ1n) is 18.5. The maximum absolute atomic E-state index is 14.5. The summed E-state index contributed by atoms with van der Waals surface area (Å²) in [6.07, 6.45) is 0. The summed E-state index contributed by atoms with van der Waals surface area (Å²) in [7, 11) is 0. The van der Waals surface area contributed by atoms with Gasteiger partial charge in [0, 0.05) is 44.5 Å². The lowest BCUT2D eigenvalue weighted by molar-refractivity contribution is 0.100. The Hall–Kier alpha value is -6.52. The van der Waals surface area contributed by atoms with Crippen LogP contribution >= 0.6 is 0 Å². The number of para-hydroxylation sites is 4. The molecule has 0 aliphatic carbocycles. The van der Waals surface area contributed by atoms with Crippen LogP contribution in [0, 0.1) is 0 Å². The Labute approximate surface area is 317 Å². The summed E-state index contributed by atoms with van der Waals surface area (Å²) >= 11 is 0. The monoisotopic (exact) mass is 700 g/mol. The molecule has 2 aliphatic rings. The highest BCUT2D eigenvalue weighted by molar-refractivity contribution is 6.20. The Kier molecular flexibility index (Phi) is 7.75. The quantitative estimate of drug-likeness (QED) is 0.162. The maximum Gasteiger partial charge on any atom is 0.193 e. The van der Waals surface area contributed by atoms with Gasteiger partial charge in [0.15, 0.2) is 11.6 Å². The molecule has 4 nitrogen and oxygen atoms in total. The minimum absolute atomic E-state index is 0.189. The molecule has 0 radical (unpaired) electrons. The van der Waals surface area contributed by atoms with Crippen LogP contribution in [0.4, 0.5) is 34.1 Å². The van der Waals surface area contributed by atoms with Crippen molar-refractivity contribution >= 4 is 45.7 Å². The van der Waals surface area contributed by atoms with Crippen molar-refractivity contribution in [2.45, 2.75) is 38.5 Å². The lowest BCUT2D eigenvalue weighted by Crippen LogP contribution is -2.30. The first-order valence-corrected chi connectivity index (χ1v) is 18.5. The fraction of sp³-hybridized carbons (Fsp3) is 0.120. The molecule has 0 saturated heterocycles. The summed E-state index contributed by atoms with van der Waals surface area (Å²) in [5.74, 6) is -0.394. The van der Waals surface area contributed by atoms with Crippen LogP contribution in [0.2, 0.25) is 0 Å². The normalized spacial score (nSPS) is 14.7. The summed E-state index contributed by atoms with van der Waals surface area (Å²) in [4.78, 5) is 33.5. The topological polar surface area (TPSA) is 40.6 Å². The molecule has 0 amide bonds. The third-order valence-electron chi connectivity index (χ3n) is 11.4. The number of fused-ring (bicyclic) bond motifs is 4. The van der Waals surface area contributed by atoms with Gasteiger partial charge < -0.3 is 9.80 Å². The van der Waals surface area contributed by atoms with E-state index < -0.39 is 0 Å². The number of anilines is 6. The van der Waals surface area contributed by atoms with Crippen LogP contribution in [0.3, 0.4) is 0 Å². The first kappa shape index (κ1) is 33.3. The van der Waals surface area contributed by atoms with Gasteiger partial charge in [-0.25, -0.2) is 0 Å². The minimum atomic E-state index is -0.197. The summed E-state index contributed by atoms with van der Waals surface area (Å²) < 4.78 is 0. The van der Waals surface area contributed by atoms with E-state index in [1.807, 2.05) is 60.7 Å². The third kappa shape index (κ3) is 5.13. The van der Waals surface area contributed by atoms with E-state index in [1.165, 1.54) is 22.3 Å². The number of rotatable bonds is 6. The zero-order valence-electron chi connectivity index (χ0n) is 30.9. The minimum Gasteiger partial charge on any atom is -0.310 e. The van der Waals surface area contributed by atoms with E-state index in [2.05, 4.69) is 135 Å². The van der Waals surface area contributed by atoms with Crippen molar-refractivity contribution in [3.63, 3.8) is 0 Å². The molecule has 9 rings (SSSR count). The fourth-order valence-corrected chi connectivity index (χ4v) is 8.66. The number of ketones is 2. The second-order valence-electron chi connectivity index (χ2n) is 15.3. The van der Waals surface area contributed by atoms with E-state index in [1.54, 1.807) is 12.1 Å². The summed E-state index contributed by atoms with van der Waals surface area (Å²) in [5.41, 5.74) is 12.4. The second-order valence-corrected chi connectivity index (χ2v) is 15.3. The Morgan fingerprint density at radius 2 is 0.667 bits per heavy atom. The average Bonchev–Trinajstić information content (AvgIpc) is 3.21. The van der Waals surface area contributed by atoms with Gasteiger partial charge in [0.05, 0.1) is 22.7 Å². The van der Waals surface area contributed by atoms with E-state index in [9.17, 15) is 9.59 Å².